The fraction of sp³-hybridized carbons (Fsp3) is 0.172. The van der Waals surface area contributed by atoms with E-state index < -0.39 is 5.91 Å². The van der Waals surface area contributed by atoms with Gasteiger partial charge in [0.1, 0.15) is 5.82 Å². The zero-order valence-electron chi connectivity index (χ0n) is 20.6. The molecule has 1 aromatic heterocycles. The van der Waals surface area contributed by atoms with E-state index in [2.05, 4.69) is 10.9 Å². The molecule has 5 rings (SSSR count). The smallest absolute Gasteiger partial charge is 0.290 e. The molecule has 0 unspecified atom stereocenters. The van der Waals surface area contributed by atoms with E-state index in [1.807, 2.05) is 6.08 Å². The van der Waals surface area contributed by atoms with Crippen LogP contribution in [0.15, 0.2) is 60.7 Å². The minimum Gasteiger partial charge on any atom is -0.297 e. The summed E-state index contributed by atoms with van der Waals surface area (Å²) in [5, 5.41) is 6.50. The van der Waals surface area contributed by atoms with Crippen molar-refractivity contribution in [1.82, 2.24) is 15.2 Å². The molecule has 4 aromatic rings. The highest BCUT2D eigenvalue weighted by atomic mass is 35.5. The van der Waals surface area contributed by atoms with E-state index in [1.165, 1.54) is 12.1 Å². The molecule has 5 nitrogen and oxygen atoms in total. The molecule has 0 spiro atoms. The van der Waals surface area contributed by atoms with Crippen LogP contribution in [0.2, 0.25) is 20.1 Å². The number of hydrogen-bond acceptors (Lipinski definition) is 3. The van der Waals surface area contributed by atoms with E-state index >= 15 is 0 Å². The summed E-state index contributed by atoms with van der Waals surface area (Å²) in [6.07, 6.45) is 6.26. The Kier molecular flexibility index (Phi) is 8.48. The number of rotatable bonds is 5. The average Bonchev–Trinajstić information content (AvgIpc) is 3.25. The molecule has 0 saturated carbocycles. The van der Waals surface area contributed by atoms with Crippen molar-refractivity contribution in [3.8, 4) is 5.69 Å². The number of benzene rings is 3. The highest BCUT2D eigenvalue weighted by Gasteiger charge is 2.27. The molecule has 0 radical (unpaired) electrons. The monoisotopic (exact) mass is 602 g/mol. The van der Waals surface area contributed by atoms with E-state index in [0.717, 1.165) is 48.1 Å². The third kappa shape index (κ3) is 6.25. The summed E-state index contributed by atoms with van der Waals surface area (Å²) in [5.41, 5.74) is 10.3. The number of aromatic nitrogens is 2. The third-order valence-electron chi connectivity index (χ3n) is 6.47. The summed E-state index contributed by atoms with van der Waals surface area (Å²) in [7, 11) is 0. The molecule has 1 heterocycles. The largest absolute Gasteiger partial charge is 0.297 e. The predicted octanol–water partition coefficient (Wildman–Crippen LogP) is 9.04. The molecule has 39 heavy (non-hydrogen) atoms. The van der Waals surface area contributed by atoms with Gasteiger partial charge in [0, 0.05) is 15.6 Å². The van der Waals surface area contributed by atoms with Gasteiger partial charge < -0.3 is 0 Å². The Morgan fingerprint density at radius 2 is 1.56 bits per heavy atom. The minimum absolute atomic E-state index is 0.264. The molecule has 0 aliphatic heterocycles. The first kappa shape index (κ1) is 27.5. The number of nitrogens with one attached hydrogen (secondary N) is 2. The highest BCUT2D eigenvalue weighted by Crippen LogP contribution is 2.36. The predicted molar refractivity (Wildman–Crippen MR) is 158 cm³/mol. The lowest BCUT2D eigenvalue weighted by Gasteiger charge is -2.17. The molecule has 10 heteroatoms. The Balaban J connectivity index is 1.62. The van der Waals surface area contributed by atoms with Crippen molar-refractivity contribution in [2.24, 2.45) is 0 Å². The number of carbonyl (C=O) groups excluding carboxylic acids is 1. The minimum atomic E-state index is -0.428. The van der Waals surface area contributed by atoms with Gasteiger partial charge in [0.2, 0.25) is 0 Å². The second-order valence-corrected chi connectivity index (χ2v) is 10.9. The van der Waals surface area contributed by atoms with Crippen LogP contribution in [0.25, 0.3) is 17.3 Å². The third-order valence-corrected chi connectivity index (χ3v) is 7.55. The Hall–Kier alpha value is -3.03. The average molecular weight is 604 g/mol. The van der Waals surface area contributed by atoms with Gasteiger partial charge in [-0.3, -0.25) is 15.6 Å². The van der Waals surface area contributed by atoms with Crippen LogP contribution >= 0.6 is 46.4 Å². The van der Waals surface area contributed by atoms with Gasteiger partial charge in [0.15, 0.2) is 5.69 Å². The van der Waals surface area contributed by atoms with Crippen molar-refractivity contribution in [2.75, 3.05) is 5.43 Å². The molecule has 2 N–H and O–H groups in total. The number of halogens is 5. The van der Waals surface area contributed by atoms with Gasteiger partial charge in [-0.15, -0.1) is 0 Å². The normalized spacial score (nSPS) is 14.4. The van der Waals surface area contributed by atoms with Gasteiger partial charge in [0.05, 0.1) is 27.1 Å². The van der Waals surface area contributed by atoms with Crippen LogP contribution in [0.1, 0.15) is 53.0 Å². The maximum absolute atomic E-state index is 13.6. The van der Waals surface area contributed by atoms with Crippen molar-refractivity contribution in [3.05, 3.63) is 109 Å². The second-order valence-electron chi connectivity index (χ2n) is 9.17. The fourth-order valence-corrected chi connectivity index (χ4v) is 5.56. The molecule has 1 amide bonds. The van der Waals surface area contributed by atoms with Gasteiger partial charge in [-0.05, 0) is 91.4 Å². The van der Waals surface area contributed by atoms with Crippen LogP contribution in [0.4, 0.5) is 10.1 Å². The maximum Gasteiger partial charge on any atom is 0.290 e. The summed E-state index contributed by atoms with van der Waals surface area (Å²) in [6, 6.07) is 16.4. The Labute approximate surface area is 245 Å². The lowest BCUT2D eigenvalue weighted by atomic mass is 9.91. The topological polar surface area (TPSA) is 59.0 Å². The molecule has 1 aliphatic rings. The summed E-state index contributed by atoms with van der Waals surface area (Å²) in [5.74, 6) is -0.733. The number of amides is 1. The van der Waals surface area contributed by atoms with Crippen LogP contribution in [0, 0.1) is 5.82 Å². The van der Waals surface area contributed by atoms with Crippen LogP contribution in [0.5, 0.6) is 0 Å². The van der Waals surface area contributed by atoms with Crippen molar-refractivity contribution in [1.29, 1.82) is 0 Å². The lowest BCUT2D eigenvalue weighted by Crippen LogP contribution is -2.30. The van der Waals surface area contributed by atoms with Crippen LogP contribution < -0.4 is 10.9 Å². The number of nitrogens with zero attached hydrogens (tertiary/aromatic N) is 2. The number of carbonyl (C=O) groups is 1. The summed E-state index contributed by atoms with van der Waals surface area (Å²) in [4.78, 5) is 13.5. The van der Waals surface area contributed by atoms with Gasteiger partial charge in [0.25, 0.3) is 5.91 Å². The maximum atomic E-state index is 13.6. The van der Waals surface area contributed by atoms with Gasteiger partial charge in [-0.2, -0.15) is 5.10 Å². The second kappa shape index (κ2) is 12.0. The van der Waals surface area contributed by atoms with Crippen LogP contribution in [0.3, 0.4) is 0 Å². The van der Waals surface area contributed by atoms with Crippen molar-refractivity contribution in [2.45, 2.75) is 32.1 Å². The van der Waals surface area contributed by atoms with E-state index in [9.17, 15) is 9.18 Å². The lowest BCUT2D eigenvalue weighted by molar-refractivity contribution is 0.0956. The summed E-state index contributed by atoms with van der Waals surface area (Å²) < 4.78 is 15.3. The molecule has 0 saturated heterocycles. The Morgan fingerprint density at radius 3 is 2.28 bits per heavy atom. The van der Waals surface area contributed by atoms with Gasteiger partial charge in [-0.25, -0.2) is 9.07 Å². The number of fused-ring (bicyclic) bond motifs is 1. The molecule has 0 fully saturated rings. The quantitative estimate of drug-likeness (QED) is 0.224. The van der Waals surface area contributed by atoms with Crippen molar-refractivity contribution in [3.63, 3.8) is 0 Å². The molecule has 200 valence electrons. The highest BCUT2D eigenvalue weighted by molar-refractivity contribution is 6.36. The zero-order valence-corrected chi connectivity index (χ0v) is 23.6. The van der Waals surface area contributed by atoms with Crippen LogP contribution in [-0.4, -0.2) is 15.7 Å². The Bertz CT molecular complexity index is 1570. The van der Waals surface area contributed by atoms with Crippen molar-refractivity contribution >= 4 is 69.6 Å². The first-order valence-corrected chi connectivity index (χ1v) is 13.9. The Morgan fingerprint density at radius 1 is 0.872 bits per heavy atom. The summed E-state index contributed by atoms with van der Waals surface area (Å²) >= 11 is 25.0. The molecule has 0 atom stereocenters. The molecule has 3 aromatic carbocycles. The number of hydrogen-bond donors (Lipinski definition) is 2. The molecular formula is C29H23Cl4FN4O. The van der Waals surface area contributed by atoms with E-state index in [-0.39, 0.29) is 11.5 Å². The zero-order chi connectivity index (χ0) is 27.5. The van der Waals surface area contributed by atoms with Gasteiger partial charge in [-0.1, -0.05) is 65.0 Å². The fourth-order valence-electron chi connectivity index (χ4n) is 4.61. The van der Waals surface area contributed by atoms with E-state index in [0.29, 0.717) is 37.9 Å². The van der Waals surface area contributed by atoms with E-state index in [4.69, 9.17) is 51.5 Å². The standard InChI is InChI=1S/C29H23Cl4FN4O/c30-19-8-12-25(23(32)15-19)35-36-29(39)27-22-5-3-1-2-4-18(14-17-6-10-21(34)11-7-17)28(22)38(37-27)26-13-9-20(31)16-24(26)33/h6-16,35H,1-5H2,(H,36,39). The molecular weight excluding hydrogens is 581 g/mol. The van der Waals surface area contributed by atoms with E-state index in [1.54, 1.807) is 53.2 Å². The SMILES string of the molecule is O=C(NNc1ccc(Cl)cc1Cl)c1nn(-c2ccc(Cl)cc2Cl)c2c1CCCCCC2=Cc1ccc(F)cc1. The molecule has 1 aliphatic carbocycles. The van der Waals surface area contributed by atoms with Crippen molar-refractivity contribution < 1.29 is 9.18 Å². The first-order chi connectivity index (χ1) is 18.8. The number of anilines is 1. The number of allylic oxidation sites excluding steroid dienone is 1. The van der Waals surface area contributed by atoms with Gasteiger partial charge >= 0.3 is 0 Å². The number of hydrazine groups is 1. The van der Waals surface area contributed by atoms with Crippen LogP contribution in [-0.2, 0) is 6.42 Å². The molecule has 0 bridgehead atoms. The summed E-state index contributed by atoms with van der Waals surface area (Å²) in [6.45, 7) is 0. The first-order valence-electron chi connectivity index (χ1n) is 12.4.